The number of carbonyl (C=O) groups is 3. The summed E-state index contributed by atoms with van der Waals surface area (Å²) < 4.78 is 0. The Hall–Kier alpha value is -4.82. The standard InChI is InChI=1S/C33H32N4O3S/c1-23-10-7-8-15-29(23)35-31(38)22-41-28-14-9-13-26(21-28)34-33(40)30(36-32(39)25-11-5-4-6-12-25)20-24-16-18-27(19-17-24)37(2)3/h4-21H,22H2,1-3H3,(H,34,40)(H,35,38)(H,36,39)/b30-20+. The second-order valence-corrected chi connectivity index (χ2v) is 10.5. The van der Waals surface area contributed by atoms with Crippen molar-refractivity contribution in [2.75, 3.05) is 35.4 Å². The van der Waals surface area contributed by atoms with Gasteiger partial charge < -0.3 is 20.9 Å². The van der Waals surface area contributed by atoms with Crippen LogP contribution < -0.4 is 20.9 Å². The van der Waals surface area contributed by atoms with Crippen molar-refractivity contribution in [1.82, 2.24) is 5.32 Å². The molecule has 0 aliphatic heterocycles. The normalized spacial score (nSPS) is 11.0. The molecule has 3 amide bonds. The Morgan fingerprint density at radius 2 is 1.51 bits per heavy atom. The average Bonchev–Trinajstić information content (AvgIpc) is 2.98. The van der Waals surface area contributed by atoms with E-state index in [9.17, 15) is 14.4 Å². The molecule has 0 unspecified atom stereocenters. The number of amides is 3. The van der Waals surface area contributed by atoms with E-state index in [4.69, 9.17) is 0 Å². The Labute approximate surface area is 244 Å². The first kappa shape index (κ1) is 29.2. The first-order valence-corrected chi connectivity index (χ1v) is 14.0. The highest BCUT2D eigenvalue weighted by atomic mass is 32.2. The lowest BCUT2D eigenvalue weighted by Gasteiger charge is -2.14. The number of carbonyl (C=O) groups excluding carboxylic acids is 3. The molecule has 0 bridgehead atoms. The molecular formula is C33H32N4O3S. The predicted molar refractivity (Wildman–Crippen MR) is 168 cm³/mol. The number of rotatable bonds is 10. The van der Waals surface area contributed by atoms with Gasteiger partial charge in [-0.3, -0.25) is 14.4 Å². The summed E-state index contributed by atoms with van der Waals surface area (Å²) in [6, 6.07) is 31.2. The quantitative estimate of drug-likeness (QED) is 0.158. The zero-order chi connectivity index (χ0) is 29.2. The van der Waals surface area contributed by atoms with E-state index in [0.717, 1.165) is 27.4 Å². The molecule has 0 saturated carbocycles. The third kappa shape index (κ3) is 8.58. The molecule has 0 aliphatic carbocycles. The largest absolute Gasteiger partial charge is 0.378 e. The monoisotopic (exact) mass is 564 g/mol. The summed E-state index contributed by atoms with van der Waals surface area (Å²) in [5, 5.41) is 8.57. The molecule has 4 aromatic rings. The SMILES string of the molecule is Cc1ccccc1NC(=O)CSc1cccc(NC(=O)/C(=C\c2ccc(N(C)C)cc2)NC(=O)c2ccccc2)c1. The number of benzene rings is 4. The second kappa shape index (κ2) is 14.0. The van der Waals surface area contributed by atoms with Crippen molar-refractivity contribution < 1.29 is 14.4 Å². The summed E-state index contributed by atoms with van der Waals surface area (Å²) in [5.41, 5.74) is 4.65. The molecule has 7 nitrogen and oxygen atoms in total. The molecule has 0 saturated heterocycles. The van der Waals surface area contributed by atoms with Crippen molar-refractivity contribution in [2.45, 2.75) is 11.8 Å². The number of nitrogens with one attached hydrogen (secondary N) is 3. The van der Waals surface area contributed by atoms with Crippen LogP contribution in [-0.2, 0) is 9.59 Å². The van der Waals surface area contributed by atoms with Gasteiger partial charge in [0.2, 0.25) is 5.91 Å². The highest BCUT2D eigenvalue weighted by Gasteiger charge is 2.16. The summed E-state index contributed by atoms with van der Waals surface area (Å²) in [6.45, 7) is 1.94. The fourth-order valence-corrected chi connectivity index (χ4v) is 4.64. The molecule has 4 rings (SSSR count). The number of hydrogen-bond acceptors (Lipinski definition) is 5. The zero-order valence-corrected chi connectivity index (χ0v) is 24.0. The van der Waals surface area contributed by atoms with Crippen molar-refractivity contribution in [2.24, 2.45) is 0 Å². The fraction of sp³-hybridized carbons (Fsp3) is 0.121. The molecule has 208 valence electrons. The molecule has 4 aromatic carbocycles. The minimum atomic E-state index is -0.467. The molecule has 0 atom stereocenters. The van der Waals surface area contributed by atoms with Crippen molar-refractivity contribution in [3.63, 3.8) is 0 Å². The van der Waals surface area contributed by atoms with Crippen LogP contribution in [0.3, 0.4) is 0 Å². The highest BCUT2D eigenvalue weighted by molar-refractivity contribution is 8.00. The Kier molecular flexibility index (Phi) is 9.96. The van der Waals surface area contributed by atoms with Gasteiger partial charge in [0.25, 0.3) is 11.8 Å². The Balaban J connectivity index is 1.47. The lowest BCUT2D eigenvalue weighted by atomic mass is 10.1. The number of thioether (sulfide) groups is 1. The Morgan fingerprint density at radius 3 is 2.22 bits per heavy atom. The van der Waals surface area contributed by atoms with E-state index < -0.39 is 5.91 Å². The van der Waals surface area contributed by atoms with Gasteiger partial charge in [0.15, 0.2) is 0 Å². The van der Waals surface area contributed by atoms with Gasteiger partial charge in [-0.25, -0.2) is 0 Å². The molecule has 41 heavy (non-hydrogen) atoms. The van der Waals surface area contributed by atoms with E-state index in [-0.39, 0.29) is 23.3 Å². The summed E-state index contributed by atoms with van der Waals surface area (Å²) in [7, 11) is 3.90. The first-order valence-electron chi connectivity index (χ1n) is 13.0. The van der Waals surface area contributed by atoms with E-state index in [2.05, 4.69) is 16.0 Å². The summed E-state index contributed by atoms with van der Waals surface area (Å²) in [6.07, 6.45) is 1.64. The van der Waals surface area contributed by atoms with Crippen molar-refractivity contribution >= 4 is 52.6 Å². The average molecular weight is 565 g/mol. The van der Waals surface area contributed by atoms with E-state index in [1.54, 1.807) is 42.5 Å². The molecule has 8 heteroatoms. The van der Waals surface area contributed by atoms with Gasteiger partial charge in [-0.1, -0.05) is 54.6 Å². The van der Waals surface area contributed by atoms with Crippen LogP contribution >= 0.6 is 11.8 Å². The van der Waals surface area contributed by atoms with E-state index in [1.807, 2.05) is 92.6 Å². The minimum absolute atomic E-state index is 0.104. The smallest absolute Gasteiger partial charge is 0.272 e. The number of para-hydroxylation sites is 1. The molecular weight excluding hydrogens is 532 g/mol. The number of nitrogens with zero attached hydrogens (tertiary/aromatic N) is 1. The summed E-state index contributed by atoms with van der Waals surface area (Å²) in [4.78, 5) is 41.6. The predicted octanol–water partition coefficient (Wildman–Crippen LogP) is 6.20. The van der Waals surface area contributed by atoms with Gasteiger partial charge >= 0.3 is 0 Å². The van der Waals surface area contributed by atoms with Gasteiger partial charge in [-0.05, 0) is 72.7 Å². The molecule has 3 N–H and O–H groups in total. The van der Waals surface area contributed by atoms with E-state index in [0.29, 0.717) is 11.3 Å². The fourth-order valence-electron chi connectivity index (χ4n) is 3.89. The van der Waals surface area contributed by atoms with Crippen LogP contribution in [0.5, 0.6) is 0 Å². The van der Waals surface area contributed by atoms with Crippen LogP contribution in [0.4, 0.5) is 17.1 Å². The van der Waals surface area contributed by atoms with Gasteiger partial charge in [-0.2, -0.15) is 0 Å². The van der Waals surface area contributed by atoms with Crippen molar-refractivity contribution in [3.05, 3.63) is 126 Å². The third-order valence-corrected chi connectivity index (χ3v) is 7.12. The molecule has 0 heterocycles. The maximum atomic E-state index is 13.4. The van der Waals surface area contributed by atoms with Crippen molar-refractivity contribution in [3.8, 4) is 0 Å². The summed E-state index contributed by atoms with van der Waals surface area (Å²) in [5.74, 6) is -0.758. The molecule has 0 aromatic heterocycles. The van der Waals surface area contributed by atoms with Crippen LogP contribution in [0.15, 0.2) is 114 Å². The third-order valence-electron chi connectivity index (χ3n) is 6.13. The molecule has 0 aliphatic rings. The molecule has 0 fully saturated rings. The maximum absolute atomic E-state index is 13.4. The van der Waals surface area contributed by atoms with Gasteiger partial charge in [0, 0.05) is 41.6 Å². The van der Waals surface area contributed by atoms with Gasteiger partial charge in [-0.15, -0.1) is 11.8 Å². The molecule has 0 spiro atoms. The van der Waals surface area contributed by atoms with Crippen LogP contribution in [0.1, 0.15) is 21.5 Å². The number of aryl methyl sites for hydroxylation is 1. The highest BCUT2D eigenvalue weighted by Crippen LogP contribution is 2.23. The van der Waals surface area contributed by atoms with E-state index in [1.165, 1.54) is 11.8 Å². The Bertz CT molecular complexity index is 1550. The van der Waals surface area contributed by atoms with Crippen LogP contribution in [0, 0.1) is 6.92 Å². The maximum Gasteiger partial charge on any atom is 0.272 e. The lowest BCUT2D eigenvalue weighted by Crippen LogP contribution is -2.30. The minimum Gasteiger partial charge on any atom is -0.378 e. The van der Waals surface area contributed by atoms with Crippen LogP contribution in [-0.4, -0.2) is 37.6 Å². The number of anilines is 3. The van der Waals surface area contributed by atoms with Gasteiger partial charge in [0.1, 0.15) is 5.70 Å². The van der Waals surface area contributed by atoms with Crippen LogP contribution in [0.2, 0.25) is 0 Å². The first-order chi connectivity index (χ1) is 19.8. The lowest BCUT2D eigenvalue weighted by molar-refractivity contribution is -0.114. The second-order valence-electron chi connectivity index (χ2n) is 9.50. The van der Waals surface area contributed by atoms with E-state index >= 15 is 0 Å². The van der Waals surface area contributed by atoms with Crippen molar-refractivity contribution in [1.29, 1.82) is 0 Å². The molecule has 0 radical (unpaired) electrons. The van der Waals surface area contributed by atoms with Crippen LogP contribution in [0.25, 0.3) is 6.08 Å². The topological polar surface area (TPSA) is 90.5 Å². The Morgan fingerprint density at radius 1 is 0.805 bits per heavy atom. The van der Waals surface area contributed by atoms with Gasteiger partial charge in [0.05, 0.1) is 5.75 Å². The number of hydrogen-bond donors (Lipinski definition) is 3. The summed E-state index contributed by atoms with van der Waals surface area (Å²) >= 11 is 1.37. The zero-order valence-electron chi connectivity index (χ0n) is 23.2.